The minimum atomic E-state index is -0.407. The second kappa shape index (κ2) is 9.51. The molecule has 5 nitrogen and oxygen atoms in total. The first-order valence-electron chi connectivity index (χ1n) is 10.1. The molecule has 0 aromatic heterocycles. The summed E-state index contributed by atoms with van der Waals surface area (Å²) in [5.74, 6) is -0.0101. The minimum Gasteiger partial charge on any atom is -0.353 e. The number of carbonyl (C=O) groups excluding carboxylic acids is 2. The van der Waals surface area contributed by atoms with Gasteiger partial charge in [-0.1, -0.05) is 54.6 Å². The predicted molar refractivity (Wildman–Crippen MR) is 112 cm³/mol. The highest BCUT2D eigenvalue weighted by Gasteiger charge is 2.32. The highest BCUT2D eigenvalue weighted by atomic mass is 16.2. The van der Waals surface area contributed by atoms with Crippen molar-refractivity contribution in [2.24, 2.45) is 0 Å². The standard InChI is InChI=1S/C23H29N3O2/c1-3-25(4-2)22(27)16-21-23(28)24-14-15-26(21)17-18-10-12-20(13-11-18)19-8-6-5-7-9-19/h5-13,21H,3-4,14-17H2,1-2H3,(H,24,28)/t21-/m1/s1. The Morgan fingerprint density at radius 1 is 1.04 bits per heavy atom. The second-order valence-electron chi connectivity index (χ2n) is 7.11. The van der Waals surface area contributed by atoms with Crippen LogP contribution in [0.1, 0.15) is 25.8 Å². The van der Waals surface area contributed by atoms with E-state index in [0.717, 1.165) is 12.1 Å². The Morgan fingerprint density at radius 2 is 1.68 bits per heavy atom. The van der Waals surface area contributed by atoms with Crippen molar-refractivity contribution in [1.29, 1.82) is 0 Å². The normalized spacial score (nSPS) is 17.2. The Balaban J connectivity index is 1.70. The number of benzene rings is 2. The average Bonchev–Trinajstić information content (AvgIpc) is 2.73. The molecule has 5 heteroatoms. The lowest BCUT2D eigenvalue weighted by Gasteiger charge is -2.35. The second-order valence-corrected chi connectivity index (χ2v) is 7.11. The molecule has 2 aromatic rings. The summed E-state index contributed by atoms with van der Waals surface area (Å²) in [4.78, 5) is 28.9. The molecule has 1 N–H and O–H groups in total. The van der Waals surface area contributed by atoms with E-state index in [4.69, 9.17) is 0 Å². The van der Waals surface area contributed by atoms with Gasteiger partial charge in [-0.3, -0.25) is 14.5 Å². The van der Waals surface area contributed by atoms with Crippen LogP contribution in [0.3, 0.4) is 0 Å². The molecule has 0 aliphatic carbocycles. The van der Waals surface area contributed by atoms with E-state index in [1.807, 2.05) is 32.0 Å². The van der Waals surface area contributed by atoms with Gasteiger partial charge in [0.15, 0.2) is 0 Å². The lowest BCUT2D eigenvalue weighted by molar-refractivity contribution is -0.138. The summed E-state index contributed by atoms with van der Waals surface area (Å²) < 4.78 is 0. The molecule has 1 saturated heterocycles. The minimum absolute atomic E-state index is 0.0384. The van der Waals surface area contributed by atoms with Crippen molar-refractivity contribution in [2.45, 2.75) is 32.9 Å². The van der Waals surface area contributed by atoms with Gasteiger partial charge in [-0.2, -0.15) is 0 Å². The fourth-order valence-electron chi connectivity index (χ4n) is 3.71. The smallest absolute Gasteiger partial charge is 0.237 e. The van der Waals surface area contributed by atoms with E-state index in [9.17, 15) is 9.59 Å². The van der Waals surface area contributed by atoms with Crippen LogP contribution in [0.2, 0.25) is 0 Å². The fourth-order valence-corrected chi connectivity index (χ4v) is 3.71. The zero-order chi connectivity index (χ0) is 19.9. The van der Waals surface area contributed by atoms with Crippen LogP contribution in [0.5, 0.6) is 0 Å². The van der Waals surface area contributed by atoms with Crippen LogP contribution in [-0.2, 0) is 16.1 Å². The van der Waals surface area contributed by atoms with Gasteiger partial charge in [0, 0.05) is 32.7 Å². The fraction of sp³-hybridized carbons (Fsp3) is 0.391. The number of carbonyl (C=O) groups is 2. The zero-order valence-electron chi connectivity index (χ0n) is 16.7. The van der Waals surface area contributed by atoms with Crippen LogP contribution in [0.4, 0.5) is 0 Å². The number of nitrogens with zero attached hydrogens (tertiary/aromatic N) is 2. The van der Waals surface area contributed by atoms with Crippen molar-refractivity contribution in [2.75, 3.05) is 26.2 Å². The molecule has 0 bridgehead atoms. The molecule has 28 heavy (non-hydrogen) atoms. The van der Waals surface area contributed by atoms with Crippen molar-refractivity contribution in [3.05, 3.63) is 60.2 Å². The monoisotopic (exact) mass is 379 g/mol. The van der Waals surface area contributed by atoms with Gasteiger partial charge in [0.25, 0.3) is 0 Å². The van der Waals surface area contributed by atoms with Crippen molar-refractivity contribution in [1.82, 2.24) is 15.1 Å². The molecule has 1 aliphatic heterocycles. The number of amides is 2. The van der Waals surface area contributed by atoms with Gasteiger partial charge in [-0.05, 0) is 30.5 Å². The van der Waals surface area contributed by atoms with Crippen molar-refractivity contribution in [3.8, 4) is 11.1 Å². The molecule has 3 rings (SSSR count). The van der Waals surface area contributed by atoms with Gasteiger partial charge in [0.2, 0.25) is 11.8 Å². The highest BCUT2D eigenvalue weighted by molar-refractivity contribution is 5.88. The van der Waals surface area contributed by atoms with Crippen molar-refractivity contribution in [3.63, 3.8) is 0 Å². The molecule has 0 saturated carbocycles. The molecule has 148 valence electrons. The molecule has 0 spiro atoms. The Labute approximate surface area is 167 Å². The topological polar surface area (TPSA) is 52.7 Å². The predicted octanol–water partition coefficient (Wildman–Crippen LogP) is 2.91. The molecule has 1 atom stereocenters. The molecular formula is C23H29N3O2. The molecule has 0 radical (unpaired) electrons. The number of hydrogen-bond donors (Lipinski definition) is 1. The first kappa shape index (κ1) is 20.1. The zero-order valence-corrected chi connectivity index (χ0v) is 16.7. The first-order valence-corrected chi connectivity index (χ1v) is 10.1. The molecule has 1 aliphatic rings. The van der Waals surface area contributed by atoms with Crippen LogP contribution >= 0.6 is 0 Å². The lowest BCUT2D eigenvalue weighted by atomic mass is 10.0. The van der Waals surface area contributed by atoms with Gasteiger partial charge in [0.05, 0.1) is 12.5 Å². The SMILES string of the molecule is CCN(CC)C(=O)C[C@@H]1C(=O)NCCN1Cc1ccc(-c2ccccc2)cc1. The maximum atomic E-state index is 12.5. The summed E-state index contributed by atoms with van der Waals surface area (Å²) in [6.07, 6.45) is 0.232. The van der Waals surface area contributed by atoms with Crippen LogP contribution < -0.4 is 5.32 Å². The van der Waals surface area contributed by atoms with Crippen LogP contribution in [-0.4, -0.2) is 53.8 Å². The van der Waals surface area contributed by atoms with E-state index in [2.05, 4.69) is 46.6 Å². The van der Waals surface area contributed by atoms with E-state index in [-0.39, 0.29) is 18.2 Å². The number of hydrogen-bond acceptors (Lipinski definition) is 3. The van der Waals surface area contributed by atoms with Crippen LogP contribution in [0, 0.1) is 0 Å². The first-order chi connectivity index (χ1) is 13.6. The maximum Gasteiger partial charge on any atom is 0.237 e. The van der Waals surface area contributed by atoms with Gasteiger partial charge >= 0.3 is 0 Å². The van der Waals surface area contributed by atoms with Crippen molar-refractivity contribution < 1.29 is 9.59 Å². The summed E-state index contributed by atoms with van der Waals surface area (Å²) in [7, 11) is 0. The van der Waals surface area contributed by atoms with E-state index in [0.29, 0.717) is 26.2 Å². The van der Waals surface area contributed by atoms with Crippen LogP contribution in [0.25, 0.3) is 11.1 Å². The summed E-state index contributed by atoms with van der Waals surface area (Å²) in [5, 5.41) is 2.91. The van der Waals surface area contributed by atoms with Gasteiger partial charge < -0.3 is 10.2 Å². The maximum absolute atomic E-state index is 12.5. The third-order valence-electron chi connectivity index (χ3n) is 5.37. The quantitative estimate of drug-likeness (QED) is 0.805. The molecule has 1 heterocycles. The third kappa shape index (κ3) is 4.78. The number of nitrogens with one attached hydrogen (secondary N) is 1. The average molecular weight is 380 g/mol. The Morgan fingerprint density at radius 3 is 2.32 bits per heavy atom. The van der Waals surface area contributed by atoms with E-state index >= 15 is 0 Å². The third-order valence-corrected chi connectivity index (χ3v) is 5.37. The van der Waals surface area contributed by atoms with Gasteiger partial charge in [0.1, 0.15) is 0 Å². The molecule has 0 unspecified atom stereocenters. The molecular weight excluding hydrogens is 350 g/mol. The van der Waals surface area contributed by atoms with E-state index < -0.39 is 6.04 Å². The summed E-state index contributed by atoms with van der Waals surface area (Å²) in [6.45, 7) is 7.32. The van der Waals surface area contributed by atoms with E-state index in [1.54, 1.807) is 4.90 Å². The van der Waals surface area contributed by atoms with Crippen LogP contribution in [0.15, 0.2) is 54.6 Å². The highest BCUT2D eigenvalue weighted by Crippen LogP contribution is 2.21. The van der Waals surface area contributed by atoms with Gasteiger partial charge in [-0.25, -0.2) is 0 Å². The lowest BCUT2D eigenvalue weighted by Crippen LogP contribution is -2.56. The van der Waals surface area contributed by atoms with Crippen molar-refractivity contribution >= 4 is 11.8 Å². The summed E-state index contributed by atoms with van der Waals surface area (Å²) in [5.41, 5.74) is 3.51. The Kier molecular flexibility index (Phi) is 6.82. The summed E-state index contributed by atoms with van der Waals surface area (Å²) >= 11 is 0. The Bertz CT molecular complexity index is 785. The molecule has 2 aromatic carbocycles. The molecule has 1 fully saturated rings. The number of rotatable bonds is 7. The summed E-state index contributed by atoms with van der Waals surface area (Å²) in [6, 6.07) is 18.3. The molecule has 2 amide bonds. The largest absolute Gasteiger partial charge is 0.353 e. The van der Waals surface area contributed by atoms with Gasteiger partial charge in [-0.15, -0.1) is 0 Å². The van der Waals surface area contributed by atoms with E-state index in [1.165, 1.54) is 11.1 Å². The number of piperazine rings is 1. The Hall–Kier alpha value is -2.66.